The third kappa shape index (κ3) is 2.02. The van der Waals surface area contributed by atoms with Gasteiger partial charge in [0, 0.05) is 12.4 Å². The Kier molecular flexibility index (Phi) is 2.65. The third-order valence-electron chi connectivity index (χ3n) is 5.01. The monoisotopic (exact) mass is 259 g/mol. The lowest BCUT2D eigenvalue weighted by molar-refractivity contribution is 0.00578. The fourth-order valence-corrected chi connectivity index (χ4v) is 2.54. The van der Waals surface area contributed by atoms with Crippen LogP contribution < -0.4 is 5.46 Å². The Labute approximate surface area is 115 Å². The van der Waals surface area contributed by atoms with Crippen molar-refractivity contribution in [3.05, 3.63) is 24.0 Å². The van der Waals surface area contributed by atoms with E-state index < -0.39 is 0 Å². The fraction of sp³-hybridized carbons (Fsp3) is 0.667. The smallest absolute Gasteiger partial charge is 0.399 e. The van der Waals surface area contributed by atoms with Crippen LogP contribution in [-0.4, -0.2) is 23.3 Å². The van der Waals surface area contributed by atoms with Crippen molar-refractivity contribution in [2.45, 2.75) is 64.1 Å². The molecular weight excluding hydrogens is 237 g/mol. The van der Waals surface area contributed by atoms with Gasteiger partial charge in [0.2, 0.25) is 0 Å². The number of hydrogen-bond donors (Lipinski definition) is 0. The number of hydrogen-bond acceptors (Lipinski definition) is 3. The van der Waals surface area contributed by atoms with Crippen LogP contribution in [0.15, 0.2) is 18.5 Å². The van der Waals surface area contributed by atoms with Gasteiger partial charge in [-0.3, -0.25) is 4.98 Å². The summed E-state index contributed by atoms with van der Waals surface area (Å²) < 4.78 is 12.3. The zero-order valence-corrected chi connectivity index (χ0v) is 12.5. The average Bonchev–Trinajstić information content (AvgIpc) is 3.02. The van der Waals surface area contributed by atoms with Crippen molar-refractivity contribution in [2.75, 3.05) is 0 Å². The Bertz CT molecular complexity index is 493. The number of nitrogens with zero attached hydrogens (tertiary/aromatic N) is 1. The van der Waals surface area contributed by atoms with Crippen molar-refractivity contribution < 1.29 is 9.31 Å². The lowest BCUT2D eigenvalue weighted by Crippen LogP contribution is -2.41. The Morgan fingerprint density at radius 1 is 1.05 bits per heavy atom. The molecule has 3 rings (SSSR count). The van der Waals surface area contributed by atoms with Crippen molar-refractivity contribution >= 4 is 12.6 Å². The summed E-state index contributed by atoms with van der Waals surface area (Å²) in [6, 6.07) is 2.04. The van der Waals surface area contributed by atoms with Crippen LogP contribution in [0.3, 0.4) is 0 Å². The van der Waals surface area contributed by atoms with E-state index in [0.717, 1.165) is 5.46 Å². The maximum absolute atomic E-state index is 6.16. The molecule has 1 aliphatic carbocycles. The molecule has 1 saturated heterocycles. The fourth-order valence-electron chi connectivity index (χ4n) is 2.54. The Morgan fingerprint density at radius 3 is 2.16 bits per heavy atom. The van der Waals surface area contributed by atoms with Crippen molar-refractivity contribution in [1.82, 2.24) is 4.98 Å². The van der Waals surface area contributed by atoms with Gasteiger partial charge in [0.25, 0.3) is 0 Å². The van der Waals surface area contributed by atoms with E-state index in [2.05, 4.69) is 39.6 Å². The van der Waals surface area contributed by atoms with E-state index in [1.54, 1.807) is 0 Å². The predicted octanol–water partition coefficient (Wildman–Crippen LogP) is 2.43. The Hall–Kier alpha value is -0.865. The largest absolute Gasteiger partial charge is 0.495 e. The maximum Gasteiger partial charge on any atom is 0.495 e. The molecule has 102 valence electrons. The van der Waals surface area contributed by atoms with E-state index in [0.29, 0.717) is 0 Å². The van der Waals surface area contributed by atoms with Crippen molar-refractivity contribution in [1.29, 1.82) is 0 Å². The number of rotatable bonds is 2. The molecule has 4 heteroatoms. The van der Waals surface area contributed by atoms with Crippen LogP contribution in [0.25, 0.3) is 0 Å². The van der Waals surface area contributed by atoms with Crippen molar-refractivity contribution in [3.63, 3.8) is 0 Å². The molecule has 2 heterocycles. The third-order valence-corrected chi connectivity index (χ3v) is 5.01. The molecule has 0 aromatic carbocycles. The average molecular weight is 259 g/mol. The van der Waals surface area contributed by atoms with Crippen LogP contribution >= 0.6 is 0 Å². The molecule has 1 aromatic heterocycles. The van der Waals surface area contributed by atoms with Gasteiger partial charge in [-0.25, -0.2) is 0 Å². The minimum absolute atomic E-state index is 0.271. The molecule has 0 bridgehead atoms. The zero-order chi connectivity index (χ0) is 13.9. The molecule has 0 atom stereocenters. The summed E-state index contributed by atoms with van der Waals surface area (Å²) in [6.07, 6.45) is 6.26. The normalized spacial score (nSPS) is 26.5. The summed E-state index contributed by atoms with van der Waals surface area (Å²) in [5.74, 6) is 0. The highest BCUT2D eigenvalue weighted by atomic mass is 16.7. The number of aromatic nitrogens is 1. The Balaban J connectivity index is 1.97. The van der Waals surface area contributed by atoms with E-state index in [4.69, 9.17) is 9.31 Å². The summed E-state index contributed by atoms with van der Waals surface area (Å²) in [5, 5.41) is 0. The second-order valence-corrected chi connectivity index (χ2v) is 7.11. The first kappa shape index (κ1) is 13.1. The summed E-state index contributed by atoms with van der Waals surface area (Å²) in [4.78, 5) is 4.28. The van der Waals surface area contributed by atoms with Gasteiger partial charge < -0.3 is 9.31 Å². The van der Waals surface area contributed by atoms with Gasteiger partial charge in [-0.2, -0.15) is 0 Å². The first-order chi connectivity index (χ1) is 8.75. The highest BCUT2D eigenvalue weighted by molar-refractivity contribution is 6.62. The second-order valence-electron chi connectivity index (χ2n) is 7.11. The molecule has 3 nitrogen and oxygen atoms in total. The van der Waals surface area contributed by atoms with Crippen LogP contribution in [0.4, 0.5) is 0 Å². The quantitative estimate of drug-likeness (QED) is 0.764. The molecule has 0 amide bonds. The highest BCUT2D eigenvalue weighted by Crippen LogP contribution is 2.47. The molecule has 0 radical (unpaired) electrons. The summed E-state index contributed by atoms with van der Waals surface area (Å²) >= 11 is 0. The van der Waals surface area contributed by atoms with Gasteiger partial charge in [-0.15, -0.1) is 0 Å². The van der Waals surface area contributed by atoms with Crippen LogP contribution in [-0.2, 0) is 14.7 Å². The van der Waals surface area contributed by atoms with Gasteiger partial charge in [-0.05, 0) is 63.0 Å². The summed E-state index contributed by atoms with van der Waals surface area (Å²) in [5.41, 5.74) is 2.13. The van der Waals surface area contributed by atoms with Gasteiger partial charge in [0.15, 0.2) is 0 Å². The van der Waals surface area contributed by atoms with Crippen LogP contribution in [0.5, 0.6) is 0 Å². The minimum atomic E-state index is -0.289. The minimum Gasteiger partial charge on any atom is -0.399 e. The van der Waals surface area contributed by atoms with E-state index in [1.807, 2.05) is 18.5 Å². The standard InChI is InChI=1S/C15H22BNO2/c1-13(2)14(3,4)19-16(18-13)12-6-9-17-10-11(12)15(5)7-8-15/h6,9-10H,7-8H2,1-5H3. The molecule has 1 aromatic rings. The molecule has 2 aliphatic rings. The predicted molar refractivity (Wildman–Crippen MR) is 76.5 cm³/mol. The molecule has 0 unspecified atom stereocenters. The van der Waals surface area contributed by atoms with Gasteiger partial charge in [-0.1, -0.05) is 6.92 Å². The summed E-state index contributed by atoms with van der Waals surface area (Å²) in [7, 11) is -0.277. The molecule has 1 aliphatic heterocycles. The maximum atomic E-state index is 6.16. The van der Waals surface area contributed by atoms with E-state index in [1.165, 1.54) is 18.4 Å². The SMILES string of the molecule is CC1(c2cnccc2B2OC(C)(C)C(C)(C)O2)CC1. The molecule has 2 fully saturated rings. The Morgan fingerprint density at radius 2 is 1.63 bits per heavy atom. The highest BCUT2D eigenvalue weighted by Gasteiger charge is 2.53. The van der Waals surface area contributed by atoms with E-state index in [-0.39, 0.29) is 23.7 Å². The second kappa shape index (κ2) is 3.83. The molecule has 1 saturated carbocycles. The first-order valence-electron chi connectivity index (χ1n) is 7.05. The molecular formula is C15H22BNO2. The molecule has 0 N–H and O–H groups in total. The lowest BCUT2D eigenvalue weighted by atomic mass is 9.73. The van der Waals surface area contributed by atoms with Gasteiger partial charge in [0.1, 0.15) is 0 Å². The summed E-state index contributed by atoms with van der Waals surface area (Å²) in [6.45, 7) is 10.7. The van der Waals surface area contributed by atoms with Gasteiger partial charge >= 0.3 is 7.12 Å². The van der Waals surface area contributed by atoms with E-state index in [9.17, 15) is 0 Å². The number of pyridine rings is 1. The van der Waals surface area contributed by atoms with Crippen LogP contribution in [0.1, 0.15) is 53.0 Å². The molecule has 19 heavy (non-hydrogen) atoms. The van der Waals surface area contributed by atoms with E-state index >= 15 is 0 Å². The topological polar surface area (TPSA) is 31.4 Å². The van der Waals surface area contributed by atoms with Crippen LogP contribution in [0.2, 0.25) is 0 Å². The van der Waals surface area contributed by atoms with Crippen LogP contribution in [0, 0.1) is 0 Å². The van der Waals surface area contributed by atoms with Crippen molar-refractivity contribution in [3.8, 4) is 0 Å². The lowest BCUT2D eigenvalue weighted by Gasteiger charge is -2.32. The van der Waals surface area contributed by atoms with Crippen molar-refractivity contribution in [2.24, 2.45) is 0 Å². The first-order valence-corrected chi connectivity index (χ1v) is 7.05. The zero-order valence-electron chi connectivity index (χ0n) is 12.5. The molecule has 0 spiro atoms. The van der Waals surface area contributed by atoms with Gasteiger partial charge in [0.05, 0.1) is 11.2 Å².